The lowest BCUT2D eigenvalue weighted by Gasteiger charge is -2.37. The van der Waals surface area contributed by atoms with E-state index in [1.807, 2.05) is 6.92 Å². The predicted molar refractivity (Wildman–Crippen MR) is 96.2 cm³/mol. The standard InChI is InChI=1S/C15H28N4O3S.ClH/c1-5-19-13(3)14(12(2)18-19)23(20,21)17-10-15(11-22-4)6-8-16-9-7-15;/h16-17H,5-11H2,1-4H3;1H. The third-order valence-corrected chi connectivity index (χ3v) is 6.29. The lowest BCUT2D eigenvalue weighted by atomic mass is 9.80. The summed E-state index contributed by atoms with van der Waals surface area (Å²) in [5.41, 5.74) is 1.09. The van der Waals surface area contributed by atoms with E-state index >= 15 is 0 Å². The second-order valence-corrected chi connectivity index (χ2v) is 8.03. The molecule has 24 heavy (non-hydrogen) atoms. The number of nitrogens with zero attached hydrogens (tertiary/aromatic N) is 2. The number of hydrogen-bond donors (Lipinski definition) is 2. The van der Waals surface area contributed by atoms with Gasteiger partial charge in [-0.25, -0.2) is 13.1 Å². The Labute approximate surface area is 151 Å². The van der Waals surface area contributed by atoms with Crippen LogP contribution in [-0.2, 0) is 21.3 Å². The summed E-state index contributed by atoms with van der Waals surface area (Å²) in [6.07, 6.45) is 1.80. The Morgan fingerprint density at radius 1 is 1.33 bits per heavy atom. The van der Waals surface area contributed by atoms with E-state index in [2.05, 4.69) is 15.1 Å². The van der Waals surface area contributed by atoms with E-state index < -0.39 is 10.0 Å². The van der Waals surface area contributed by atoms with Crippen molar-refractivity contribution in [2.45, 2.75) is 45.1 Å². The van der Waals surface area contributed by atoms with Gasteiger partial charge in [0.2, 0.25) is 10.0 Å². The van der Waals surface area contributed by atoms with Crippen molar-refractivity contribution < 1.29 is 13.2 Å². The van der Waals surface area contributed by atoms with Crippen molar-refractivity contribution in [2.75, 3.05) is 33.4 Å². The average molecular weight is 381 g/mol. The van der Waals surface area contributed by atoms with Crippen molar-refractivity contribution in [2.24, 2.45) is 5.41 Å². The molecule has 2 heterocycles. The molecule has 1 fully saturated rings. The number of aromatic nitrogens is 2. The molecule has 0 atom stereocenters. The summed E-state index contributed by atoms with van der Waals surface area (Å²) in [6.45, 7) is 8.86. The van der Waals surface area contributed by atoms with Crippen LogP contribution in [-0.4, -0.2) is 51.5 Å². The fourth-order valence-electron chi connectivity index (χ4n) is 3.33. The van der Waals surface area contributed by atoms with Crippen molar-refractivity contribution in [3.8, 4) is 0 Å². The van der Waals surface area contributed by atoms with Crippen LogP contribution in [0.1, 0.15) is 31.2 Å². The van der Waals surface area contributed by atoms with Gasteiger partial charge in [-0.2, -0.15) is 5.10 Å². The average Bonchev–Trinajstić information content (AvgIpc) is 2.81. The minimum absolute atomic E-state index is 0. The molecular formula is C15H29ClN4O3S. The molecule has 9 heteroatoms. The molecule has 1 aliphatic rings. The van der Waals surface area contributed by atoms with Crippen molar-refractivity contribution in [1.29, 1.82) is 0 Å². The summed E-state index contributed by atoms with van der Waals surface area (Å²) in [7, 11) is -1.91. The molecule has 140 valence electrons. The van der Waals surface area contributed by atoms with E-state index in [9.17, 15) is 8.42 Å². The molecule has 0 aliphatic carbocycles. The van der Waals surface area contributed by atoms with Gasteiger partial charge in [0.1, 0.15) is 4.90 Å². The largest absolute Gasteiger partial charge is 0.384 e. The molecule has 0 amide bonds. The zero-order chi connectivity index (χ0) is 17.1. The van der Waals surface area contributed by atoms with Gasteiger partial charge >= 0.3 is 0 Å². The molecule has 1 aromatic rings. The molecule has 0 unspecified atom stereocenters. The van der Waals surface area contributed by atoms with Crippen LogP contribution in [0.2, 0.25) is 0 Å². The summed E-state index contributed by atoms with van der Waals surface area (Å²) >= 11 is 0. The van der Waals surface area contributed by atoms with Gasteiger partial charge in [0, 0.05) is 25.6 Å². The summed E-state index contributed by atoms with van der Waals surface area (Å²) in [4.78, 5) is 0.306. The first-order chi connectivity index (χ1) is 10.9. The van der Waals surface area contributed by atoms with Gasteiger partial charge in [0.25, 0.3) is 0 Å². The van der Waals surface area contributed by atoms with Crippen LogP contribution in [0, 0.1) is 19.3 Å². The molecule has 2 rings (SSSR count). The first kappa shape index (κ1) is 21.4. The molecule has 0 spiro atoms. The Morgan fingerprint density at radius 2 is 1.96 bits per heavy atom. The van der Waals surface area contributed by atoms with E-state index in [1.165, 1.54) is 0 Å². The fraction of sp³-hybridized carbons (Fsp3) is 0.800. The summed E-state index contributed by atoms with van der Waals surface area (Å²) in [6, 6.07) is 0. The second kappa shape index (κ2) is 8.62. The Bertz CT molecular complexity index is 634. The maximum Gasteiger partial charge on any atom is 0.244 e. The van der Waals surface area contributed by atoms with Crippen molar-refractivity contribution in [3.63, 3.8) is 0 Å². The predicted octanol–water partition coefficient (Wildman–Crippen LogP) is 1.24. The molecule has 1 aromatic heterocycles. The Balaban J connectivity index is 0.00000288. The van der Waals surface area contributed by atoms with Crippen LogP contribution in [0.3, 0.4) is 0 Å². The van der Waals surface area contributed by atoms with Gasteiger partial charge < -0.3 is 10.1 Å². The van der Waals surface area contributed by atoms with E-state index in [0.717, 1.165) is 25.9 Å². The highest BCUT2D eigenvalue weighted by atomic mass is 35.5. The van der Waals surface area contributed by atoms with E-state index in [1.54, 1.807) is 25.6 Å². The molecule has 7 nitrogen and oxygen atoms in total. The lowest BCUT2D eigenvalue weighted by molar-refractivity contribution is 0.0577. The van der Waals surface area contributed by atoms with Crippen molar-refractivity contribution >= 4 is 22.4 Å². The van der Waals surface area contributed by atoms with E-state index in [4.69, 9.17) is 4.74 Å². The molecular weight excluding hydrogens is 352 g/mol. The minimum atomic E-state index is -3.58. The van der Waals surface area contributed by atoms with Gasteiger partial charge in [0.15, 0.2) is 0 Å². The van der Waals surface area contributed by atoms with Crippen LogP contribution in [0.4, 0.5) is 0 Å². The SMILES string of the molecule is CCn1nc(C)c(S(=O)(=O)NCC2(COC)CCNCC2)c1C.Cl. The Morgan fingerprint density at radius 3 is 2.46 bits per heavy atom. The van der Waals surface area contributed by atoms with E-state index in [0.29, 0.717) is 36.0 Å². The maximum atomic E-state index is 12.8. The number of ether oxygens (including phenoxy) is 1. The highest BCUT2D eigenvalue weighted by molar-refractivity contribution is 7.89. The molecule has 1 aliphatic heterocycles. The van der Waals surface area contributed by atoms with Crippen LogP contribution in [0.15, 0.2) is 4.90 Å². The van der Waals surface area contributed by atoms with E-state index in [-0.39, 0.29) is 17.8 Å². The first-order valence-corrected chi connectivity index (χ1v) is 9.57. The number of hydrogen-bond acceptors (Lipinski definition) is 5. The van der Waals surface area contributed by atoms with Gasteiger partial charge in [-0.1, -0.05) is 0 Å². The van der Waals surface area contributed by atoms with Crippen LogP contribution >= 0.6 is 12.4 Å². The highest BCUT2D eigenvalue weighted by Crippen LogP contribution is 2.29. The fourth-order valence-corrected chi connectivity index (χ4v) is 4.90. The van der Waals surface area contributed by atoms with Crippen LogP contribution in [0.25, 0.3) is 0 Å². The molecule has 0 radical (unpaired) electrons. The van der Waals surface area contributed by atoms with Gasteiger partial charge in [-0.15, -0.1) is 12.4 Å². The number of halogens is 1. The van der Waals surface area contributed by atoms with Crippen LogP contribution < -0.4 is 10.0 Å². The zero-order valence-electron chi connectivity index (χ0n) is 14.9. The minimum Gasteiger partial charge on any atom is -0.384 e. The van der Waals surface area contributed by atoms with Crippen molar-refractivity contribution in [1.82, 2.24) is 19.8 Å². The van der Waals surface area contributed by atoms with Gasteiger partial charge in [0.05, 0.1) is 18.0 Å². The molecule has 0 saturated carbocycles. The van der Waals surface area contributed by atoms with Crippen molar-refractivity contribution in [3.05, 3.63) is 11.4 Å². The smallest absolute Gasteiger partial charge is 0.244 e. The Hall–Kier alpha value is -0.670. The number of nitrogens with one attached hydrogen (secondary N) is 2. The topological polar surface area (TPSA) is 85.2 Å². The van der Waals surface area contributed by atoms with Crippen LogP contribution in [0.5, 0.6) is 0 Å². The molecule has 1 saturated heterocycles. The zero-order valence-corrected chi connectivity index (χ0v) is 16.5. The Kier molecular flexibility index (Phi) is 7.68. The molecule has 0 bridgehead atoms. The summed E-state index contributed by atoms with van der Waals surface area (Å²) in [5, 5.41) is 7.62. The lowest BCUT2D eigenvalue weighted by Crippen LogP contribution is -2.47. The quantitative estimate of drug-likeness (QED) is 0.743. The monoisotopic (exact) mass is 380 g/mol. The number of methoxy groups -OCH3 is 1. The number of aryl methyl sites for hydroxylation is 2. The second-order valence-electron chi connectivity index (χ2n) is 6.32. The molecule has 0 aromatic carbocycles. The normalized spacial score (nSPS) is 17.5. The highest BCUT2D eigenvalue weighted by Gasteiger charge is 2.34. The summed E-state index contributed by atoms with van der Waals surface area (Å²) in [5.74, 6) is 0. The maximum absolute atomic E-state index is 12.8. The van der Waals surface area contributed by atoms with Gasteiger partial charge in [-0.3, -0.25) is 4.68 Å². The number of piperidine rings is 1. The van der Waals surface area contributed by atoms with Gasteiger partial charge in [-0.05, 0) is 46.7 Å². The molecule has 2 N–H and O–H groups in total. The first-order valence-electron chi connectivity index (χ1n) is 8.08. The number of rotatable bonds is 7. The summed E-state index contributed by atoms with van der Waals surface area (Å²) < 4.78 is 35.4. The third kappa shape index (κ3) is 4.49. The third-order valence-electron chi connectivity index (χ3n) is 4.64. The number of sulfonamides is 1.